The number of hydrogen-bond acceptors (Lipinski definition) is 10. The highest BCUT2D eigenvalue weighted by atomic mass is 35.5. The van der Waals surface area contributed by atoms with Crippen LogP contribution in [-0.2, 0) is 11.3 Å². The smallest absolute Gasteiger partial charge is 0.272 e. The summed E-state index contributed by atoms with van der Waals surface area (Å²) in [5.74, 6) is 0.0957. The fraction of sp³-hybridized carbons (Fsp3) is 0.353. The van der Waals surface area contributed by atoms with Crippen LogP contribution in [0.5, 0.6) is 0 Å². The molecular formula is C17H18ClN7O4. The molecule has 0 aliphatic carbocycles. The molecule has 1 saturated heterocycles. The molecule has 2 unspecified atom stereocenters. The molecule has 29 heavy (non-hydrogen) atoms. The van der Waals surface area contributed by atoms with Crippen LogP contribution in [0.2, 0.25) is 5.02 Å². The van der Waals surface area contributed by atoms with E-state index in [9.17, 15) is 15.3 Å². The van der Waals surface area contributed by atoms with Gasteiger partial charge in [0.25, 0.3) is 5.95 Å². The molecule has 3 heterocycles. The number of nitrogens with zero attached hydrogens (tertiary/aromatic N) is 6. The molecule has 0 amide bonds. The maximum absolute atomic E-state index is 10.3. The lowest BCUT2D eigenvalue weighted by Gasteiger charge is -2.16. The molecule has 0 radical (unpaired) electrons. The zero-order valence-electron chi connectivity index (χ0n) is 15.0. The molecule has 1 aliphatic heterocycles. The van der Waals surface area contributed by atoms with Gasteiger partial charge in [-0.15, -0.1) is 5.11 Å². The molecule has 4 atom stereocenters. The predicted octanol–water partition coefficient (Wildman–Crippen LogP) is 0.957. The first-order chi connectivity index (χ1) is 14.0. The quantitative estimate of drug-likeness (QED) is 0.444. The summed E-state index contributed by atoms with van der Waals surface area (Å²) >= 11 is 5.86. The van der Waals surface area contributed by atoms with Crippen molar-refractivity contribution in [2.75, 3.05) is 12.3 Å². The van der Waals surface area contributed by atoms with E-state index in [0.29, 0.717) is 17.1 Å². The number of hydrogen-bond donors (Lipinski definition) is 4. The maximum atomic E-state index is 10.3. The summed E-state index contributed by atoms with van der Waals surface area (Å²) in [7, 11) is 0. The molecule has 3 aromatic rings. The van der Waals surface area contributed by atoms with Crippen LogP contribution in [0.15, 0.2) is 40.8 Å². The minimum absolute atomic E-state index is 0.0115. The van der Waals surface area contributed by atoms with Crippen molar-refractivity contribution in [3.63, 3.8) is 0 Å². The summed E-state index contributed by atoms with van der Waals surface area (Å²) in [5, 5.41) is 38.2. The normalized spacial score (nSPS) is 24.7. The van der Waals surface area contributed by atoms with Crippen LogP contribution in [0.1, 0.15) is 11.8 Å². The molecule has 0 bridgehead atoms. The molecule has 4 rings (SSSR count). The molecular weight excluding hydrogens is 402 g/mol. The highest BCUT2D eigenvalue weighted by Crippen LogP contribution is 2.32. The van der Waals surface area contributed by atoms with Gasteiger partial charge in [0.2, 0.25) is 0 Å². The Bertz CT molecular complexity index is 1040. The molecule has 11 nitrogen and oxygen atoms in total. The number of aromatic nitrogens is 4. The second-order valence-corrected chi connectivity index (χ2v) is 6.92. The number of aliphatic hydroxyl groups excluding tert-OH is 3. The van der Waals surface area contributed by atoms with Crippen molar-refractivity contribution >= 4 is 34.5 Å². The van der Waals surface area contributed by atoms with Gasteiger partial charge >= 0.3 is 0 Å². The molecule has 2 aromatic heterocycles. The molecule has 1 aliphatic rings. The standard InChI is InChI=1S/C17H18ClN7O4/c18-9-3-1-8(2-4-9)5-21-24-17-22-14(19)11-15(23-17)25(7-20-11)16-13(28)12(27)10(6-26)29-16/h1-4,7,10,12-13,16,26-28H,5-6H2,(H2,19,22,23)/t10-,12?,13?,16-/m1/s1. The number of imidazole rings is 1. The molecule has 12 heteroatoms. The monoisotopic (exact) mass is 419 g/mol. The Labute approximate surface area is 169 Å². The molecule has 152 valence electrons. The number of halogens is 1. The maximum Gasteiger partial charge on any atom is 0.272 e. The van der Waals surface area contributed by atoms with Gasteiger partial charge in [0.05, 0.1) is 19.5 Å². The summed E-state index contributed by atoms with van der Waals surface area (Å²) in [6.45, 7) is -0.144. The number of anilines is 1. The van der Waals surface area contributed by atoms with Gasteiger partial charge in [-0.2, -0.15) is 15.1 Å². The van der Waals surface area contributed by atoms with Crippen molar-refractivity contribution in [3.05, 3.63) is 41.2 Å². The van der Waals surface area contributed by atoms with Gasteiger partial charge < -0.3 is 25.8 Å². The van der Waals surface area contributed by atoms with Crippen LogP contribution in [0.4, 0.5) is 11.8 Å². The Morgan fingerprint density at radius 2 is 1.93 bits per heavy atom. The molecule has 5 N–H and O–H groups in total. The molecule has 0 spiro atoms. The van der Waals surface area contributed by atoms with E-state index in [4.69, 9.17) is 22.1 Å². The van der Waals surface area contributed by atoms with Gasteiger partial charge in [-0.25, -0.2) is 4.98 Å². The van der Waals surface area contributed by atoms with E-state index in [1.807, 2.05) is 12.1 Å². The fourth-order valence-corrected chi connectivity index (χ4v) is 3.16. The summed E-state index contributed by atoms with van der Waals surface area (Å²) < 4.78 is 6.93. The van der Waals surface area contributed by atoms with E-state index in [1.165, 1.54) is 10.9 Å². The topological polar surface area (TPSA) is 164 Å². The highest BCUT2D eigenvalue weighted by molar-refractivity contribution is 6.30. The first-order valence-corrected chi connectivity index (χ1v) is 9.10. The average molecular weight is 420 g/mol. The second-order valence-electron chi connectivity index (χ2n) is 6.49. The van der Waals surface area contributed by atoms with Crippen molar-refractivity contribution < 1.29 is 20.1 Å². The Balaban J connectivity index is 1.61. The van der Waals surface area contributed by atoms with Crippen LogP contribution in [0.25, 0.3) is 11.2 Å². The summed E-state index contributed by atoms with van der Waals surface area (Å²) in [6.07, 6.45) is -3.09. The first kappa shape index (κ1) is 19.6. The van der Waals surface area contributed by atoms with Crippen molar-refractivity contribution in [1.82, 2.24) is 19.5 Å². The summed E-state index contributed by atoms with van der Waals surface area (Å²) in [4.78, 5) is 12.5. The predicted molar refractivity (Wildman–Crippen MR) is 102 cm³/mol. The Kier molecular flexibility index (Phi) is 5.39. The zero-order chi connectivity index (χ0) is 20.5. The zero-order valence-corrected chi connectivity index (χ0v) is 15.8. The third-order valence-corrected chi connectivity index (χ3v) is 4.81. The van der Waals surface area contributed by atoms with E-state index in [-0.39, 0.29) is 17.4 Å². The Hall–Kier alpha value is -2.70. The van der Waals surface area contributed by atoms with Gasteiger partial charge in [0, 0.05) is 5.02 Å². The number of benzene rings is 1. The number of ether oxygens (including phenoxy) is 1. The van der Waals surface area contributed by atoms with Crippen LogP contribution in [-0.4, -0.2) is 59.8 Å². The lowest BCUT2D eigenvalue weighted by atomic mass is 10.1. The van der Waals surface area contributed by atoms with E-state index < -0.39 is 31.1 Å². The number of aliphatic hydroxyl groups is 3. The SMILES string of the molecule is Nc1nc(N=NCc2ccc(Cl)cc2)nc2c1ncn2[C@@H]1O[C@H](CO)C(O)C1O. The largest absolute Gasteiger partial charge is 0.394 e. The Morgan fingerprint density at radius 1 is 1.17 bits per heavy atom. The minimum atomic E-state index is -1.28. The van der Waals surface area contributed by atoms with Gasteiger partial charge in [-0.3, -0.25) is 4.57 Å². The van der Waals surface area contributed by atoms with Crippen LogP contribution in [0.3, 0.4) is 0 Å². The number of rotatable bonds is 5. The third-order valence-electron chi connectivity index (χ3n) is 4.55. The highest BCUT2D eigenvalue weighted by Gasteiger charge is 2.44. The summed E-state index contributed by atoms with van der Waals surface area (Å²) in [5.41, 5.74) is 7.40. The average Bonchev–Trinajstić information content (AvgIpc) is 3.25. The van der Waals surface area contributed by atoms with Gasteiger partial charge in [0.1, 0.15) is 23.8 Å². The number of azo groups is 1. The summed E-state index contributed by atoms with van der Waals surface area (Å²) in [6, 6.07) is 7.17. The number of nitrogens with two attached hydrogens (primary N) is 1. The first-order valence-electron chi connectivity index (χ1n) is 8.72. The lowest BCUT2D eigenvalue weighted by molar-refractivity contribution is -0.0511. The molecule has 1 fully saturated rings. The van der Waals surface area contributed by atoms with Crippen molar-refractivity contribution in [2.24, 2.45) is 10.2 Å². The van der Waals surface area contributed by atoms with Crippen molar-refractivity contribution in [3.8, 4) is 0 Å². The lowest BCUT2D eigenvalue weighted by Crippen LogP contribution is -2.33. The van der Waals surface area contributed by atoms with E-state index in [2.05, 4.69) is 25.2 Å². The fourth-order valence-electron chi connectivity index (χ4n) is 3.04. The van der Waals surface area contributed by atoms with Crippen molar-refractivity contribution in [2.45, 2.75) is 31.1 Å². The van der Waals surface area contributed by atoms with Gasteiger partial charge in [-0.05, 0) is 17.7 Å². The minimum Gasteiger partial charge on any atom is -0.394 e. The van der Waals surface area contributed by atoms with Crippen LogP contribution < -0.4 is 5.73 Å². The van der Waals surface area contributed by atoms with Crippen molar-refractivity contribution in [1.29, 1.82) is 0 Å². The van der Waals surface area contributed by atoms with E-state index in [1.54, 1.807) is 12.1 Å². The second kappa shape index (κ2) is 7.97. The number of fused-ring (bicyclic) bond motifs is 1. The molecule has 0 saturated carbocycles. The van der Waals surface area contributed by atoms with Crippen LogP contribution in [0, 0.1) is 0 Å². The van der Waals surface area contributed by atoms with E-state index in [0.717, 1.165) is 5.56 Å². The van der Waals surface area contributed by atoms with E-state index >= 15 is 0 Å². The van der Waals surface area contributed by atoms with Gasteiger partial charge in [0.15, 0.2) is 17.7 Å². The number of nitrogen functional groups attached to an aromatic ring is 1. The third kappa shape index (κ3) is 3.78. The van der Waals surface area contributed by atoms with Gasteiger partial charge in [-0.1, -0.05) is 23.7 Å². The molecule has 1 aromatic carbocycles. The van der Waals surface area contributed by atoms with Crippen LogP contribution >= 0.6 is 11.6 Å². The Morgan fingerprint density at radius 3 is 2.62 bits per heavy atom.